The molecule has 0 atom stereocenters. The molecule has 2 N–H and O–H groups in total. The van der Waals surface area contributed by atoms with Crippen LogP contribution in [-0.4, -0.2) is 60.1 Å². The maximum Gasteiger partial charge on any atom is 0.255 e. The number of pyridine rings is 1. The van der Waals surface area contributed by atoms with Crippen LogP contribution in [0, 0.1) is 0 Å². The van der Waals surface area contributed by atoms with Crippen LogP contribution in [0.4, 0.5) is 0 Å². The Balaban J connectivity index is 1.54. The van der Waals surface area contributed by atoms with E-state index in [2.05, 4.69) is 15.4 Å². The summed E-state index contributed by atoms with van der Waals surface area (Å²) in [5.41, 5.74) is 2.91. The van der Waals surface area contributed by atoms with Gasteiger partial charge in [-0.05, 0) is 24.3 Å². The van der Waals surface area contributed by atoms with Gasteiger partial charge in [0, 0.05) is 24.2 Å². The first kappa shape index (κ1) is 18.3. The molecule has 7 heteroatoms. The van der Waals surface area contributed by atoms with E-state index in [4.69, 9.17) is 4.74 Å². The lowest BCUT2D eigenvalue weighted by molar-refractivity contribution is -0.906. The van der Waals surface area contributed by atoms with Crippen molar-refractivity contribution in [2.75, 3.05) is 39.4 Å². The molecule has 3 heterocycles. The molecular weight excluding hydrogens is 354 g/mol. The predicted octanol–water partition coefficient (Wildman–Crippen LogP) is 0.579. The molecule has 0 spiro atoms. The maximum absolute atomic E-state index is 12.9. The average molecular weight is 378 g/mol. The van der Waals surface area contributed by atoms with Crippen LogP contribution in [0.3, 0.4) is 0 Å². The van der Waals surface area contributed by atoms with Gasteiger partial charge in [0.25, 0.3) is 5.91 Å². The molecule has 1 aliphatic rings. The largest absolute Gasteiger partial charge is 0.370 e. The number of rotatable bonds is 6. The summed E-state index contributed by atoms with van der Waals surface area (Å²) in [6.45, 7) is 5.07. The van der Waals surface area contributed by atoms with Gasteiger partial charge in [-0.3, -0.25) is 9.78 Å². The Morgan fingerprint density at radius 1 is 1.14 bits per heavy atom. The molecule has 1 saturated heterocycles. The van der Waals surface area contributed by atoms with Gasteiger partial charge in [-0.1, -0.05) is 18.2 Å². The van der Waals surface area contributed by atoms with Crippen molar-refractivity contribution < 1.29 is 14.4 Å². The van der Waals surface area contributed by atoms with Gasteiger partial charge in [-0.15, -0.1) is 0 Å². The number of nitrogens with one attached hydrogen (secondary N) is 2. The van der Waals surface area contributed by atoms with Crippen LogP contribution in [-0.2, 0) is 4.74 Å². The van der Waals surface area contributed by atoms with Crippen molar-refractivity contribution >= 4 is 5.91 Å². The fourth-order valence-corrected chi connectivity index (χ4v) is 3.33. The van der Waals surface area contributed by atoms with Crippen molar-refractivity contribution in [2.45, 2.75) is 0 Å². The highest BCUT2D eigenvalue weighted by Gasteiger charge is 2.20. The Kier molecular flexibility index (Phi) is 5.75. The lowest BCUT2D eigenvalue weighted by Crippen LogP contribution is -3.14. The Hall–Kier alpha value is -3.03. The number of benzene rings is 1. The zero-order chi connectivity index (χ0) is 19.2. The second-order valence-electron chi connectivity index (χ2n) is 6.78. The Morgan fingerprint density at radius 3 is 2.71 bits per heavy atom. The highest BCUT2D eigenvalue weighted by atomic mass is 16.5. The number of hydrogen-bond acceptors (Lipinski definition) is 4. The number of amides is 1. The number of ether oxygens (including phenoxy) is 1. The fraction of sp³-hybridized carbons (Fsp3) is 0.286. The van der Waals surface area contributed by atoms with Crippen LogP contribution in [0.5, 0.6) is 0 Å². The van der Waals surface area contributed by atoms with Crippen molar-refractivity contribution in [1.82, 2.24) is 20.1 Å². The smallest absolute Gasteiger partial charge is 0.255 e. The SMILES string of the molecule is O=C(NCC[NH+]1CCOCC1)c1cn(-c2ccccc2)nc1-c1cccnc1. The van der Waals surface area contributed by atoms with Gasteiger partial charge >= 0.3 is 0 Å². The van der Waals surface area contributed by atoms with Gasteiger partial charge in [-0.25, -0.2) is 4.68 Å². The second kappa shape index (κ2) is 8.77. The van der Waals surface area contributed by atoms with E-state index in [1.807, 2.05) is 42.5 Å². The van der Waals surface area contributed by atoms with Crippen LogP contribution < -0.4 is 10.2 Å². The first-order valence-electron chi connectivity index (χ1n) is 9.56. The minimum atomic E-state index is -0.117. The summed E-state index contributed by atoms with van der Waals surface area (Å²) >= 11 is 0. The molecule has 0 bridgehead atoms. The van der Waals surface area contributed by atoms with E-state index in [9.17, 15) is 4.79 Å². The van der Waals surface area contributed by atoms with Crippen molar-refractivity contribution in [2.24, 2.45) is 0 Å². The molecule has 144 valence electrons. The van der Waals surface area contributed by atoms with Gasteiger partial charge in [0.1, 0.15) is 18.8 Å². The zero-order valence-corrected chi connectivity index (χ0v) is 15.7. The van der Waals surface area contributed by atoms with Crippen molar-refractivity contribution in [3.8, 4) is 16.9 Å². The fourth-order valence-electron chi connectivity index (χ4n) is 3.33. The van der Waals surface area contributed by atoms with Crippen LogP contribution in [0.25, 0.3) is 16.9 Å². The monoisotopic (exact) mass is 378 g/mol. The van der Waals surface area contributed by atoms with Crippen LogP contribution in [0.15, 0.2) is 61.1 Å². The number of carbonyl (C=O) groups is 1. The molecule has 3 aromatic rings. The van der Waals surface area contributed by atoms with Gasteiger partial charge in [0.15, 0.2) is 0 Å². The minimum Gasteiger partial charge on any atom is -0.370 e. The van der Waals surface area contributed by atoms with E-state index < -0.39 is 0 Å². The van der Waals surface area contributed by atoms with Gasteiger partial charge in [0.2, 0.25) is 0 Å². The van der Waals surface area contributed by atoms with Crippen molar-refractivity contribution in [3.63, 3.8) is 0 Å². The van der Waals surface area contributed by atoms with Crippen molar-refractivity contribution in [1.29, 1.82) is 0 Å². The first-order chi connectivity index (χ1) is 13.8. The summed E-state index contributed by atoms with van der Waals surface area (Å²) in [7, 11) is 0. The summed E-state index contributed by atoms with van der Waals surface area (Å²) in [4.78, 5) is 18.5. The summed E-state index contributed by atoms with van der Waals surface area (Å²) < 4.78 is 7.12. The zero-order valence-electron chi connectivity index (χ0n) is 15.7. The third-order valence-electron chi connectivity index (χ3n) is 4.88. The summed E-state index contributed by atoms with van der Waals surface area (Å²) in [6, 6.07) is 13.5. The van der Waals surface area contributed by atoms with Crippen LogP contribution >= 0.6 is 0 Å². The molecule has 0 aliphatic carbocycles. The molecule has 28 heavy (non-hydrogen) atoms. The maximum atomic E-state index is 12.9. The Bertz CT molecular complexity index is 905. The lowest BCUT2D eigenvalue weighted by Gasteiger charge is -2.23. The number of hydrogen-bond donors (Lipinski definition) is 2. The number of morpholine rings is 1. The number of para-hydroxylation sites is 1. The second-order valence-corrected chi connectivity index (χ2v) is 6.78. The van der Waals surface area contributed by atoms with Crippen LogP contribution in [0.1, 0.15) is 10.4 Å². The van der Waals surface area contributed by atoms with E-state index in [0.29, 0.717) is 17.8 Å². The third-order valence-corrected chi connectivity index (χ3v) is 4.88. The summed E-state index contributed by atoms with van der Waals surface area (Å²) in [5.74, 6) is -0.117. The first-order valence-corrected chi connectivity index (χ1v) is 9.56. The summed E-state index contributed by atoms with van der Waals surface area (Å²) in [6.07, 6.45) is 5.23. The molecule has 1 aromatic carbocycles. The normalized spacial score (nSPS) is 14.7. The number of quaternary nitrogens is 1. The van der Waals surface area contributed by atoms with Crippen molar-refractivity contribution in [3.05, 3.63) is 66.6 Å². The standard InChI is InChI=1S/C21H23N5O2/c27-21(23-9-10-25-11-13-28-14-12-25)19-16-26(18-6-2-1-3-7-18)24-20(19)17-5-4-8-22-15-17/h1-8,15-16H,9-14H2,(H,23,27)/p+1. The highest BCUT2D eigenvalue weighted by molar-refractivity contribution is 5.99. The molecule has 0 radical (unpaired) electrons. The quantitative estimate of drug-likeness (QED) is 0.658. The Morgan fingerprint density at radius 2 is 1.96 bits per heavy atom. The lowest BCUT2D eigenvalue weighted by atomic mass is 10.1. The number of nitrogens with zero attached hydrogens (tertiary/aromatic N) is 3. The summed E-state index contributed by atoms with van der Waals surface area (Å²) in [5, 5.41) is 7.71. The molecule has 1 fully saturated rings. The number of aromatic nitrogens is 3. The molecule has 7 nitrogen and oxygen atoms in total. The average Bonchev–Trinajstić information content (AvgIpc) is 3.21. The topological polar surface area (TPSA) is 73.5 Å². The molecule has 0 saturated carbocycles. The molecule has 1 amide bonds. The van der Waals surface area contributed by atoms with Gasteiger partial charge < -0.3 is 15.0 Å². The van der Waals surface area contributed by atoms with Crippen LogP contribution in [0.2, 0.25) is 0 Å². The minimum absolute atomic E-state index is 0.117. The molecule has 2 aromatic heterocycles. The molecular formula is C21H24N5O2+. The van der Waals surface area contributed by atoms with E-state index in [1.165, 1.54) is 4.90 Å². The van der Waals surface area contributed by atoms with Gasteiger partial charge in [0.05, 0.1) is 37.6 Å². The molecule has 0 unspecified atom stereocenters. The van der Waals surface area contributed by atoms with E-state index in [-0.39, 0.29) is 5.91 Å². The van der Waals surface area contributed by atoms with E-state index >= 15 is 0 Å². The van der Waals surface area contributed by atoms with Gasteiger partial charge in [-0.2, -0.15) is 5.10 Å². The molecule has 4 rings (SSSR count). The predicted molar refractivity (Wildman–Crippen MR) is 106 cm³/mol. The van der Waals surface area contributed by atoms with E-state index in [0.717, 1.165) is 44.1 Å². The Labute approximate surface area is 164 Å². The number of carbonyl (C=O) groups excluding carboxylic acids is 1. The highest BCUT2D eigenvalue weighted by Crippen LogP contribution is 2.22. The third kappa shape index (κ3) is 4.27. The molecule has 1 aliphatic heterocycles. The van der Waals surface area contributed by atoms with E-state index in [1.54, 1.807) is 23.3 Å².